The lowest BCUT2D eigenvalue weighted by atomic mass is 10.2. The quantitative estimate of drug-likeness (QED) is 0.849. The predicted molar refractivity (Wildman–Crippen MR) is 63.0 cm³/mol. The van der Waals surface area contributed by atoms with Gasteiger partial charge in [0.2, 0.25) is 5.82 Å². The molecule has 1 fully saturated rings. The number of hydrogen-bond donors (Lipinski definition) is 0. The van der Waals surface area contributed by atoms with Crippen molar-refractivity contribution in [2.24, 2.45) is 0 Å². The molecular formula is C13H13FN2O3. The number of para-hydroxylation sites is 1. The molecule has 0 amide bonds. The maximum absolute atomic E-state index is 13.3. The first-order valence-electron chi connectivity index (χ1n) is 6.14. The van der Waals surface area contributed by atoms with Gasteiger partial charge in [-0.2, -0.15) is 4.98 Å². The fraction of sp³-hybridized carbons (Fsp3) is 0.385. The van der Waals surface area contributed by atoms with Crippen molar-refractivity contribution in [2.45, 2.75) is 25.6 Å². The zero-order valence-corrected chi connectivity index (χ0v) is 10.2. The van der Waals surface area contributed by atoms with Crippen LogP contribution < -0.4 is 4.74 Å². The van der Waals surface area contributed by atoms with Crippen LogP contribution in [0.2, 0.25) is 0 Å². The van der Waals surface area contributed by atoms with Gasteiger partial charge >= 0.3 is 0 Å². The second-order valence-electron chi connectivity index (χ2n) is 4.27. The van der Waals surface area contributed by atoms with Gasteiger partial charge in [-0.25, -0.2) is 4.39 Å². The summed E-state index contributed by atoms with van der Waals surface area (Å²) in [5.74, 6) is 0.606. The van der Waals surface area contributed by atoms with Gasteiger partial charge in [0.25, 0.3) is 5.89 Å². The van der Waals surface area contributed by atoms with Crippen LogP contribution >= 0.6 is 0 Å². The van der Waals surface area contributed by atoms with E-state index in [-0.39, 0.29) is 18.5 Å². The Morgan fingerprint density at radius 2 is 2.26 bits per heavy atom. The van der Waals surface area contributed by atoms with E-state index in [2.05, 4.69) is 10.1 Å². The van der Waals surface area contributed by atoms with E-state index in [4.69, 9.17) is 14.0 Å². The molecule has 1 aromatic carbocycles. The topological polar surface area (TPSA) is 57.4 Å². The van der Waals surface area contributed by atoms with Crippen molar-refractivity contribution >= 4 is 0 Å². The van der Waals surface area contributed by atoms with Crippen LogP contribution in [0.5, 0.6) is 5.75 Å². The summed E-state index contributed by atoms with van der Waals surface area (Å²) in [5, 5.41) is 3.79. The molecule has 1 atom stereocenters. The number of aromatic nitrogens is 2. The van der Waals surface area contributed by atoms with E-state index in [1.165, 1.54) is 6.07 Å². The van der Waals surface area contributed by atoms with Crippen molar-refractivity contribution in [3.05, 3.63) is 41.8 Å². The van der Waals surface area contributed by atoms with Gasteiger partial charge in [-0.15, -0.1) is 0 Å². The summed E-state index contributed by atoms with van der Waals surface area (Å²) in [6.45, 7) is 0.783. The van der Waals surface area contributed by atoms with Gasteiger partial charge in [0, 0.05) is 6.61 Å². The van der Waals surface area contributed by atoms with Crippen LogP contribution in [0.3, 0.4) is 0 Å². The van der Waals surface area contributed by atoms with Crippen LogP contribution in [0.15, 0.2) is 28.8 Å². The predicted octanol–water partition coefficient (Wildman–Crippen LogP) is 2.64. The maximum Gasteiger partial charge on any atom is 0.255 e. The third kappa shape index (κ3) is 2.73. The van der Waals surface area contributed by atoms with Gasteiger partial charge in [0.1, 0.15) is 6.10 Å². The molecule has 0 radical (unpaired) electrons. The third-order valence-electron chi connectivity index (χ3n) is 2.88. The molecule has 2 aromatic rings. The van der Waals surface area contributed by atoms with Crippen molar-refractivity contribution < 1.29 is 18.4 Å². The van der Waals surface area contributed by atoms with Crippen LogP contribution in [-0.2, 0) is 11.3 Å². The molecule has 1 saturated heterocycles. The van der Waals surface area contributed by atoms with Crippen molar-refractivity contribution in [3.8, 4) is 5.75 Å². The summed E-state index contributed by atoms with van der Waals surface area (Å²) in [5.41, 5.74) is 0. The first kappa shape index (κ1) is 12.1. The number of hydrogen-bond acceptors (Lipinski definition) is 5. The van der Waals surface area contributed by atoms with Crippen LogP contribution in [-0.4, -0.2) is 16.7 Å². The number of ether oxygens (including phenoxy) is 2. The lowest BCUT2D eigenvalue weighted by molar-refractivity contribution is 0.0835. The average Bonchev–Trinajstić information content (AvgIpc) is 3.09. The lowest BCUT2D eigenvalue weighted by Crippen LogP contribution is -2.00. The molecule has 0 N–H and O–H groups in total. The van der Waals surface area contributed by atoms with Crippen LogP contribution in [0.4, 0.5) is 4.39 Å². The van der Waals surface area contributed by atoms with E-state index >= 15 is 0 Å². The van der Waals surface area contributed by atoms with E-state index in [0.29, 0.717) is 18.3 Å². The second kappa shape index (κ2) is 5.36. The second-order valence-corrected chi connectivity index (χ2v) is 4.27. The standard InChI is InChI=1S/C13H13FN2O3/c14-9-4-1-2-5-10(9)18-8-12-15-13(19-16-12)11-6-3-7-17-11/h1-2,4-5,11H,3,6-8H2/t11-/m0/s1. The smallest absolute Gasteiger partial charge is 0.255 e. The highest BCUT2D eigenvalue weighted by Gasteiger charge is 2.23. The average molecular weight is 264 g/mol. The van der Waals surface area contributed by atoms with Gasteiger partial charge < -0.3 is 14.0 Å². The monoisotopic (exact) mass is 264 g/mol. The summed E-state index contributed by atoms with van der Waals surface area (Å²) in [4.78, 5) is 4.19. The highest BCUT2D eigenvalue weighted by Crippen LogP contribution is 2.27. The summed E-state index contributed by atoms with van der Waals surface area (Å²) >= 11 is 0. The van der Waals surface area contributed by atoms with Crippen molar-refractivity contribution in [1.82, 2.24) is 10.1 Å². The lowest BCUT2D eigenvalue weighted by Gasteiger charge is -2.03. The Labute approximate surface area is 109 Å². The molecule has 1 aromatic heterocycles. The Hall–Kier alpha value is -1.95. The van der Waals surface area contributed by atoms with Gasteiger partial charge in [0.15, 0.2) is 18.2 Å². The summed E-state index contributed by atoms with van der Waals surface area (Å²) < 4.78 is 29.2. The number of rotatable bonds is 4. The molecule has 100 valence electrons. The minimum absolute atomic E-state index is 0.0666. The molecule has 6 heteroatoms. The number of nitrogens with zero attached hydrogens (tertiary/aromatic N) is 2. The SMILES string of the molecule is Fc1ccccc1OCc1noc([C@@H]2CCCO2)n1. The normalized spacial score (nSPS) is 18.7. The first-order valence-corrected chi connectivity index (χ1v) is 6.14. The molecule has 0 unspecified atom stereocenters. The summed E-state index contributed by atoms with van der Waals surface area (Å²) in [6, 6.07) is 6.19. The van der Waals surface area contributed by atoms with Crippen molar-refractivity contribution in [2.75, 3.05) is 6.61 Å². The molecular weight excluding hydrogens is 251 g/mol. The van der Waals surface area contributed by atoms with Gasteiger partial charge in [-0.05, 0) is 25.0 Å². The Morgan fingerprint density at radius 1 is 1.37 bits per heavy atom. The fourth-order valence-corrected chi connectivity index (χ4v) is 1.93. The Bertz CT molecular complexity index is 552. The summed E-state index contributed by atoms with van der Waals surface area (Å²) in [7, 11) is 0. The Kier molecular flexibility index (Phi) is 3.41. The minimum atomic E-state index is -0.412. The zero-order chi connectivity index (χ0) is 13.1. The molecule has 0 aliphatic carbocycles. The van der Waals surface area contributed by atoms with E-state index in [1.54, 1.807) is 18.2 Å². The molecule has 2 heterocycles. The molecule has 3 rings (SSSR count). The molecule has 5 nitrogen and oxygen atoms in total. The van der Waals surface area contributed by atoms with E-state index in [0.717, 1.165) is 12.8 Å². The highest BCUT2D eigenvalue weighted by atomic mass is 19.1. The Balaban J connectivity index is 1.63. The summed E-state index contributed by atoms with van der Waals surface area (Å²) in [6.07, 6.45) is 1.76. The molecule has 1 aliphatic heterocycles. The molecule has 0 saturated carbocycles. The maximum atomic E-state index is 13.3. The highest BCUT2D eigenvalue weighted by molar-refractivity contribution is 5.23. The van der Waals surface area contributed by atoms with Gasteiger partial charge in [-0.3, -0.25) is 0 Å². The number of halogens is 1. The van der Waals surface area contributed by atoms with Gasteiger partial charge in [-0.1, -0.05) is 17.3 Å². The fourth-order valence-electron chi connectivity index (χ4n) is 1.93. The minimum Gasteiger partial charge on any atom is -0.482 e. The Morgan fingerprint density at radius 3 is 3.05 bits per heavy atom. The van der Waals surface area contributed by atoms with Crippen molar-refractivity contribution in [3.63, 3.8) is 0 Å². The van der Waals surface area contributed by atoms with Crippen LogP contribution in [0.25, 0.3) is 0 Å². The van der Waals surface area contributed by atoms with Crippen LogP contribution in [0, 0.1) is 5.82 Å². The van der Waals surface area contributed by atoms with Crippen LogP contribution in [0.1, 0.15) is 30.7 Å². The van der Waals surface area contributed by atoms with Gasteiger partial charge in [0.05, 0.1) is 0 Å². The number of benzene rings is 1. The third-order valence-corrected chi connectivity index (χ3v) is 2.88. The molecule has 19 heavy (non-hydrogen) atoms. The van der Waals surface area contributed by atoms with E-state index < -0.39 is 5.82 Å². The molecule has 0 spiro atoms. The first-order chi connectivity index (χ1) is 9.33. The van der Waals surface area contributed by atoms with E-state index in [9.17, 15) is 4.39 Å². The zero-order valence-electron chi connectivity index (χ0n) is 10.2. The van der Waals surface area contributed by atoms with Crippen molar-refractivity contribution in [1.29, 1.82) is 0 Å². The largest absolute Gasteiger partial charge is 0.482 e. The molecule has 0 bridgehead atoms. The molecule has 1 aliphatic rings. The van der Waals surface area contributed by atoms with E-state index in [1.807, 2.05) is 0 Å².